The quantitative estimate of drug-likeness (QED) is 0.833. The Morgan fingerprint density at radius 2 is 2.08 bits per heavy atom. The third-order valence-corrected chi connectivity index (χ3v) is 4.95. The molecule has 1 atom stereocenters. The van der Waals surface area contributed by atoms with Crippen LogP contribution in [0.4, 0.5) is 5.69 Å². The first kappa shape index (κ1) is 17.0. The first-order valence-corrected chi connectivity index (χ1v) is 8.81. The number of aliphatic hydroxyl groups excluding tert-OH is 1. The highest BCUT2D eigenvalue weighted by Gasteiger charge is 2.23. The zero-order chi connectivity index (χ0) is 16.9. The van der Waals surface area contributed by atoms with E-state index in [0.29, 0.717) is 0 Å². The van der Waals surface area contributed by atoms with Gasteiger partial charge >= 0.3 is 0 Å². The van der Waals surface area contributed by atoms with Crippen molar-refractivity contribution in [3.05, 3.63) is 22.6 Å². The smallest absolute Gasteiger partial charge is 0.269 e. The van der Waals surface area contributed by atoms with Crippen LogP contribution in [0.25, 0.3) is 0 Å². The fourth-order valence-electron chi connectivity index (χ4n) is 3.54. The van der Waals surface area contributed by atoms with Crippen LogP contribution in [-0.4, -0.2) is 58.6 Å². The summed E-state index contributed by atoms with van der Waals surface area (Å²) < 4.78 is 1.63. The Morgan fingerprint density at radius 1 is 1.29 bits per heavy atom. The van der Waals surface area contributed by atoms with Gasteiger partial charge in [0.05, 0.1) is 30.6 Å². The van der Waals surface area contributed by atoms with Gasteiger partial charge in [-0.05, 0) is 39.2 Å². The number of rotatable bonds is 3. The normalized spacial score (nSPS) is 22.9. The molecule has 130 valence electrons. The molecule has 0 saturated carbocycles. The lowest BCUT2D eigenvalue weighted by Gasteiger charge is -2.33. The highest BCUT2D eigenvalue weighted by Crippen LogP contribution is 2.21. The maximum Gasteiger partial charge on any atom is 0.269 e. The van der Waals surface area contributed by atoms with Crippen molar-refractivity contribution >= 4 is 5.69 Å². The Balaban J connectivity index is 1.70. The molecule has 6 heteroatoms. The van der Waals surface area contributed by atoms with Crippen LogP contribution in [0.15, 0.2) is 17.1 Å². The van der Waals surface area contributed by atoms with Gasteiger partial charge in [-0.3, -0.25) is 9.69 Å². The van der Waals surface area contributed by atoms with E-state index in [0.717, 1.165) is 64.1 Å². The molecule has 0 radical (unpaired) electrons. The van der Waals surface area contributed by atoms with E-state index < -0.39 is 0 Å². The summed E-state index contributed by atoms with van der Waals surface area (Å²) in [4.78, 5) is 17.0. The van der Waals surface area contributed by atoms with E-state index in [1.54, 1.807) is 16.9 Å². The summed E-state index contributed by atoms with van der Waals surface area (Å²) in [6.45, 7) is 6.03. The minimum Gasteiger partial charge on any atom is -0.393 e. The Morgan fingerprint density at radius 3 is 2.79 bits per heavy atom. The van der Waals surface area contributed by atoms with Gasteiger partial charge < -0.3 is 10.0 Å². The number of hydrogen-bond acceptors (Lipinski definition) is 5. The second-order valence-corrected chi connectivity index (χ2v) is 6.67. The van der Waals surface area contributed by atoms with Gasteiger partial charge in [-0.25, -0.2) is 4.68 Å². The summed E-state index contributed by atoms with van der Waals surface area (Å²) in [5.41, 5.74) is 0.833. The predicted octanol–water partition coefficient (Wildman–Crippen LogP) is 0.865. The van der Waals surface area contributed by atoms with Gasteiger partial charge in [0, 0.05) is 25.7 Å². The van der Waals surface area contributed by atoms with E-state index in [2.05, 4.69) is 26.7 Å². The highest BCUT2D eigenvalue weighted by atomic mass is 16.3. The molecule has 0 aliphatic carbocycles. The first-order valence-electron chi connectivity index (χ1n) is 8.81. The predicted molar refractivity (Wildman–Crippen MR) is 94.1 cm³/mol. The maximum absolute atomic E-state index is 12.5. The number of hydrogen-bond donors (Lipinski definition) is 1. The Hall–Kier alpha value is -1.84. The van der Waals surface area contributed by atoms with Crippen molar-refractivity contribution in [2.75, 3.05) is 37.6 Å². The molecule has 6 nitrogen and oxygen atoms in total. The number of nitrogens with zero attached hydrogens (tertiary/aromatic N) is 4. The largest absolute Gasteiger partial charge is 0.393 e. The molecule has 3 heterocycles. The third kappa shape index (κ3) is 3.97. The molecular weight excluding hydrogens is 304 g/mol. The van der Waals surface area contributed by atoms with Crippen molar-refractivity contribution in [3.63, 3.8) is 0 Å². The summed E-state index contributed by atoms with van der Waals surface area (Å²) in [6, 6.07) is 1.82. The molecule has 1 N–H and O–H groups in total. The van der Waals surface area contributed by atoms with E-state index in [1.165, 1.54) is 0 Å². The summed E-state index contributed by atoms with van der Waals surface area (Å²) in [6.07, 6.45) is 5.13. The molecule has 0 amide bonds. The molecule has 0 unspecified atom stereocenters. The number of likely N-dealkylation sites (tertiary alicyclic amines) is 1. The summed E-state index contributed by atoms with van der Waals surface area (Å²) >= 11 is 0. The number of piperidine rings is 2. The fourth-order valence-corrected chi connectivity index (χ4v) is 3.54. The Kier molecular flexibility index (Phi) is 5.54. The third-order valence-electron chi connectivity index (χ3n) is 4.95. The van der Waals surface area contributed by atoms with Gasteiger partial charge in [0.25, 0.3) is 5.56 Å². The first-order chi connectivity index (χ1) is 11.7. The van der Waals surface area contributed by atoms with Gasteiger partial charge in [-0.1, -0.05) is 5.92 Å². The zero-order valence-electron chi connectivity index (χ0n) is 14.3. The second kappa shape index (κ2) is 7.82. The van der Waals surface area contributed by atoms with Gasteiger partial charge in [-0.2, -0.15) is 5.10 Å². The van der Waals surface area contributed by atoms with E-state index >= 15 is 0 Å². The Bertz CT molecular complexity index is 668. The molecule has 0 bridgehead atoms. The lowest BCUT2D eigenvalue weighted by molar-refractivity contribution is 0.145. The lowest BCUT2D eigenvalue weighted by Crippen LogP contribution is -2.41. The van der Waals surface area contributed by atoms with E-state index in [4.69, 9.17) is 0 Å². The van der Waals surface area contributed by atoms with E-state index in [9.17, 15) is 9.90 Å². The Labute approximate surface area is 143 Å². The monoisotopic (exact) mass is 330 g/mol. The van der Waals surface area contributed by atoms with Crippen LogP contribution in [0, 0.1) is 11.8 Å². The molecule has 2 aliphatic rings. The van der Waals surface area contributed by atoms with Crippen LogP contribution in [-0.2, 0) is 0 Å². The molecule has 1 aromatic rings. The van der Waals surface area contributed by atoms with Gasteiger partial charge in [0.15, 0.2) is 0 Å². The summed E-state index contributed by atoms with van der Waals surface area (Å²) in [7, 11) is 0. The average Bonchev–Trinajstić information content (AvgIpc) is 2.61. The minimum absolute atomic E-state index is 0.0351. The average molecular weight is 330 g/mol. The summed E-state index contributed by atoms with van der Waals surface area (Å²) in [5, 5.41) is 14.1. The zero-order valence-corrected chi connectivity index (χ0v) is 14.3. The van der Waals surface area contributed by atoms with Crippen LogP contribution in [0.3, 0.4) is 0 Å². The van der Waals surface area contributed by atoms with Crippen LogP contribution in [0.2, 0.25) is 0 Å². The minimum atomic E-state index is -0.214. The van der Waals surface area contributed by atoms with Gasteiger partial charge in [0.2, 0.25) is 0 Å². The fraction of sp³-hybridized carbons (Fsp3) is 0.667. The van der Waals surface area contributed by atoms with Gasteiger partial charge in [-0.15, -0.1) is 5.92 Å². The van der Waals surface area contributed by atoms with Crippen molar-refractivity contribution in [2.24, 2.45) is 0 Å². The molecule has 0 aromatic carbocycles. The lowest BCUT2D eigenvalue weighted by atomic mass is 10.1. The van der Waals surface area contributed by atoms with Gasteiger partial charge in [0.1, 0.15) is 0 Å². The van der Waals surface area contributed by atoms with E-state index in [-0.39, 0.29) is 17.7 Å². The standard InChI is InChI=1S/C18H26N4O2/c1-2-3-8-20-9-4-5-15(14-20)22-18(24)12-16(13-19-22)21-10-6-17(23)7-11-21/h12-13,15,17,23H,4-11,14H2,1H3/t15-/m1/s1. The number of anilines is 1. The van der Waals surface area contributed by atoms with Crippen molar-refractivity contribution in [1.29, 1.82) is 0 Å². The molecule has 1 aromatic heterocycles. The maximum atomic E-state index is 12.5. The summed E-state index contributed by atoms with van der Waals surface area (Å²) in [5.74, 6) is 6.03. The molecule has 3 rings (SSSR count). The SMILES string of the molecule is CC#CCN1CCC[C@@H](n2ncc(N3CCC(O)CC3)cc2=O)C1. The van der Waals surface area contributed by atoms with Crippen LogP contribution in [0.5, 0.6) is 0 Å². The van der Waals surface area contributed by atoms with Crippen molar-refractivity contribution in [2.45, 2.75) is 44.8 Å². The molecule has 0 spiro atoms. The molecule has 2 aliphatic heterocycles. The van der Waals surface area contributed by atoms with Crippen molar-refractivity contribution < 1.29 is 5.11 Å². The molecule has 2 saturated heterocycles. The van der Waals surface area contributed by atoms with E-state index in [1.807, 2.05) is 6.92 Å². The van der Waals surface area contributed by atoms with Crippen molar-refractivity contribution in [1.82, 2.24) is 14.7 Å². The number of aliphatic hydroxyl groups is 1. The van der Waals surface area contributed by atoms with Crippen LogP contribution in [0.1, 0.15) is 38.6 Å². The molecular formula is C18H26N4O2. The van der Waals surface area contributed by atoms with Crippen LogP contribution < -0.4 is 10.5 Å². The molecule has 24 heavy (non-hydrogen) atoms. The topological polar surface area (TPSA) is 61.6 Å². The van der Waals surface area contributed by atoms with Crippen molar-refractivity contribution in [3.8, 4) is 11.8 Å². The second-order valence-electron chi connectivity index (χ2n) is 6.67. The number of aromatic nitrogens is 2. The highest BCUT2D eigenvalue weighted by molar-refractivity contribution is 5.43. The molecule has 2 fully saturated rings. The van der Waals surface area contributed by atoms with Crippen LogP contribution >= 0.6 is 0 Å².